The van der Waals surface area contributed by atoms with Crippen LogP contribution in [-0.4, -0.2) is 27.6 Å². The van der Waals surface area contributed by atoms with E-state index in [1.807, 2.05) is 54.6 Å². The normalized spacial score (nSPS) is 12.2. The van der Waals surface area contributed by atoms with Gasteiger partial charge in [0.25, 0.3) is 0 Å². The molecular formula is C17H17N3O2. The highest BCUT2D eigenvalue weighted by atomic mass is 16.4. The number of H-pyrrole nitrogens is 1. The van der Waals surface area contributed by atoms with E-state index in [4.69, 9.17) is 5.11 Å². The standard InChI is InChI=1S/C17H17N3O2/c21-16(22)10-12(11-18-13-6-2-1-3-7-13)17-19-14-8-4-5-9-15(14)20-17/h1-9,12,18H,10-11H2,(H,19,20)(H,21,22)/t12-/m1/s1. The Morgan fingerprint density at radius 2 is 1.86 bits per heavy atom. The summed E-state index contributed by atoms with van der Waals surface area (Å²) in [5, 5.41) is 12.4. The number of aromatic nitrogens is 2. The maximum Gasteiger partial charge on any atom is 0.304 e. The van der Waals surface area contributed by atoms with Gasteiger partial charge in [-0.15, -0.1) is 0 Å². The summed E-state index contributed by atoms with van der Waals surface area (Å²) >= 11 is 0. The summed E-state index contributed by atoms with van der Waals surface area (Å²) in [7, 11) is 0. The molecule has 112 valence electrons. The number of aliphatic carboxylic acids is 1. The van der Waals surface area contributed by atoms with Crippen LogP contribution in [0.15, 0.2) is 54.6 Å². The van der Waals surface area contributed by atoms with Gasteiger partial charge >= 0.3 is 5.97 Å². The molecule has 0 bridgehead atoms. The third kappa shape index (κ3) is 3.25. The van der Waals surface area contributed by atoms with Crippen molar-refractivity contribution in [2.45, 2.75) is 12.3 Å². The second-order valence-electron chi connectivity index (χ2n) is 5.18. The zero-order valence-corrected chi connectivity index (χ0v) is 12.0. The van der Waals surface area contributed by atoms with Crippen LogP contribution >= 0.6 is 0 Å². The molecule has 0 aliphatic rings. The molecule has 0 spiro atoms. The Kier molecular flexibility index (Phi) is 4.05. The van der Waals surface area contributed by atoms with Gasteiger partial charge in [0.05, 0.1) is 17.5 Å². The molecule has 1 aromatic heterocycles. The van der Waals surface area contributed by atoms with Gasteiger partial charge in [-0.2, -0.15) is 0 Å². The Labute approximate surface area is 128 Å². The number of anilines is 1. The zero-order chi connectivity index (χ0) is 15.4. The lowest BCUT2D eigenvalue weighted by Crippen LogP contribution is -2.17. The summed E-state index contributed by atoms with van der Waals surface area (Å²) < 4.78 is 0. The van der Waals surface area contributed by atoms with E-state index in [9.17, 15) is 4.79 Å². The van der Waals surface area contributed by atoms with Gasteiger partial charge in [0.15, 0.2) is 0 Å². The van der Waals surface area contributed by atoms with E-state index in [1.54, 1.807) is 0 Å². The Balaban J connectivity index is 1.81. The van der Waals surface area contributed by atoms with Crippen molar-refractivity contribution in [3.8, 4) is 0 Å². The van der Waals surface area contributed by atoms with Crippen molar-refractivity contribution < 1.29 is 9.90 Å². The number of aromatic amines is 1. The highest BCUT2D eigenvalue weighted by Gasteiger charge is 2.19. The number of para-hydroxylation sites is 3. The average molecular weight is 295 g/mol. The zero-order valence-electron chi connectivity index (χ0n) is 12.0. The number of hydrogen-bond acceptors (Lipinski definition) is 3. The number of carboxylic acid groups (broad SMARTS) is 1. The lowest BCUT2D eigenvalue weighted by Gasteiger charge is -2.14. The Morgan fingerprint density at radius 1 is 1.14 bits per heavy atom. The first kappa shape index (κ1) is 14.1. The number of nitrogens with one attached hydrogen (secondary N) is 2. The summed E-state index contributed by atoms with van der Waals surface area (Å²) in [6.45, 7) is 0.510. The van der Waals surface area contributed by atoms with Gasteiger partial charge in [-0.3, -0.25) is 4.79 Å². The van der Waals surface area contributed by atoms with Crippen LogP contribution < -0.4 is 5.32 Å². The molecule has 3 rings (SSSR count). The number of nitrogens with zero attached hydrogens (tertiary/aromatic N) is 1. The molecule has 5 nitrogen and oxygen atoms in total. The van der Waals surface area contributed by atoms with Crippen LogP contribution in [0.25, 0.3) is 11.0 Å². The number of fused-ring (bicyclic) bond motifs is 1. The molecule has 0 saturated heterocycles. The molecule has 0 amide bonds. The van der Waals surface area contributed by atoms with Gasteiger partial charge in [0.1, 0.15) is 5.82 Å². The van der Waals surface area contributed by atoms with E-state index in [1.165, 1.54) is 0 Å². The summed E-state index contributed by atoms with van der Waals surface area (Å²) in [6.07, 6.45) is 0.0274. The lowest BCUT2D eigenvalue weighted by molar-refractivity contribution is -0.137. The van der Waals surface area contributed by atoms with Gasteiger partial charge in [-0.05, 0) is 24.3 Å². The quantitative estimate of drug-likeness (QED) is 0.652. The van der Waals surface area contributed by atoms with Crippen LogP contribution in [0.3, 0.4) is 0 Å². The van der Waals surface area contributed by atoms with Crippen LogP contribution in [0.5, 0.6) is 0 Å². The second kappa shape index (κ2) is 6.30. The van der Waals surface area contributed by atoms with E-state index < -0.39 is 5.97 Å². The van der Waals surface area contributed by atoms with Gasteiger partial charge in [0.2, 0.25) is 0 Å². The average Bonchev–Trinajstić information content (AvgIpc) is 2.96. The number of benzene rings is 2. The maximum absolute atomic E-state index is 11.1. The molecular weight excluding hydrogens is 278 g/mol. The minimum absolute atomic E-state index is 0.0274. The fourth-order valence-corrected chi connectivity index (χ4v) is 2.44. The number of imidazole rings is 1. The number of carboxylic acids is 1. The van der Waals surface area contributed by atoms with Crippen LogP contribution in [0.1, 0.15) is 18.2 Å². The maximum atomic E-state index is 11.1. The first-order valence-electron chi connectivity index (χ1n) is 7.18. The summed E-state index contributed by atoms with van der Waals surface area (Å²) in [5.41, 5.74) is 2.74. The van der Waals surface area contributed by atoms with Crippen molar-refractivity contribution in [2.24, 2.45) is 0 Å². The van der Waals surface area contributed by atoms with Crippen molar-refractivity contribution in [1.29, 1.82) is 0 Å². The van der Waals surface area contributed by atoms with E-state index >= 15 is 0 Å². The SMILES string of the molecule is O=C(O)C[C@H](CNc1ccccc1)c1nc2ccccc2[nH]1. The Hall–Kier alpha value is -2.82. The molecule has 2 aromatic carbocycles. The van der Waals surface area contributed by atoms with E-state index in [2.05, 4.69) is 15.3 Å². The predicted molar refractivity (Wildman–Crippen MR) is 86.0 cm³/mol. The fraction of sp³-hybridized carbons (Fsp3) is 0.176. The van der Waals surface area contributed by atoms with Gasteiger partial charge in [-0.25, -0.2) is 4.98 Å². The molecule has 0 fully saturated rings. The lowest BCUT2D eigenvalue weighted by atomic mass is 10.0. The Bertz CT molecular complexity index is 735. The molecule has 22 heavy (non-hydrogen) atoms. The number of carbonyl (C=O) groups is 1. The third-order valence-corrected chi connectivity index (χ3v) is 3.54. The first-order valence-corrected chi connectivity index (χ1v) is 7.18. The molecule has 0 aliphatic carbocycles. The molecule has 1 atom stereocenters. The van der Waals surface area contributed by atoms with Crippen LogP contribution in [-0.2, 0) is 4.79 Å². The van der Waals surface area contributed by atoms with Gasteiger partial charge in [0, 0.05) is 18.2 Å². The van der Waals surface area contributed by atoms with E-state index in [0.717, 1.165) is 16.7 Å². The van der Waals surface area contributed by atoms with Crippen molar-refractivity contribution in [3.05, 3.63) is 60.4 Å². The number of hydrogen-bond donors (Lipinski definition) is 3. The molecule has 0 saturated carbocycles. The number of rotatable bonds is 6. The summed E-state index contributed by atoms with van der Waals surface area (Å²) in [5.74, 6) is -0.350. The Morgan fingerprint density at radius 3 is 2.59 bits per heavy atom. The molecule has 3 aromatic rings. The van der Waals surface area contributed by atoms with Crippen molar-refractivity contribution >= 4 is 22.7 Å². The second-order valence-corrected chi connectivity index (χ2v) is 5.18. The largest absolute Gasteiger partial charge is 0.481 e. The van der Waals surface area contributed by atoms with Crippen molar-refractivity contribution in [1.82, 2.24) is 9.97 Å². The molecule has 3 N–H and O–H groups in total. The highest BCUT2D eigenvalue weighted by molar-refractivity contribution is 5.75. The highest BCUT2D eigenvalue weighted by Crippen LogP contribution is 2.21. The molecule has 0 unspecified atom stereocenters. The van der Waals surface area contributed by atoms with Gasteiger partial charge in [-0.1, -0.05) is 30.3 Å². The van der Waals surface area contributed by atoms with E-state index in [0.29, 0.717) is 12.4 Å². The van der Waals surface area contributed by atoms with Crippen molar-refractivity contribution in [3.63, 3.8) is 0 Å². The summed E-state index contributed by atoms with van der Waals surface area (Å²) in [6, 6.07) is 17.4. The smallest absolute Gasteiger partial charge is 0.304 e. The minimum Gasteiger partial charge on any atom is -0.481 e. The monoisotopic (exact) mass is 295 g/mol. The summed E-state index contributed by atoms with van der Waals surface area (Å²) in [4.78, 5) is 18.9. The first-order chi connectivity index (χ1) is 10.7. The fourth-order valence-electron chi connectivity index (χ4n) is 2.44. The van der Waals surface area contributed by atoms with Crippen molar-refractivity contribution in [2.75, 3.05) is 11.9 Å². The predicted octanol–water partition coefficient (Wildman–Crippen LogP) is 3.23. The van der Waals surface area contributed by atoms with Gasteiger partial charge < -0.3 is 15.4 Å². The molecule has 1 heterocycles. The third-order valence-electron chi connectivity index (χ3n) is 3.54. The molecule has 0 aliphatic heterocycles. The molecule has 0 radical (unpaired) electrons. The topological polar surface area (TPSA) is 78.0 Å². The van der Waals surface area contributed by atoms with Crippen LogP contribution in [0, 0.1) is 0 Å². The molecule has 5 heteroatoms. The minimum atomic E-state index is -0.833. The van der Waals surface area contributed by atoms with Crippen LogP contribution in [0.2, 0.25) is 0 Å². The van der Waals surface area contributed by atoms with E-state index in [-0.39, 0.29) is 12.3 Å². The van der Waals surface area contributed by atoms with Crippen LogP contribution in [0.4, 0.5) is 5.69 Å².